The molecule has 2 heterocycles. The first kappa shape index (κ1) is 9.50. The molecule has 0 unspecified atom stereocenters. The topological polar surface area (TPSA) is 16.1 Å². The van der Waals surface area contributed by atoms with Gasteiger partial charge >= 0.3 is 0 Å². The van der Waals surface area contributed by atoms with Crippen molar-refractivity contribution >= 4 is 5.82 Å². The third kappa shape index (κ3) is 1.74. The Balaban J connectivity index is 2.26. The van der Waals surface area contributed by atoms with E-state index in [-0.39, 0.29) is 5.41 Å². The van der Waals surface area contributed by atoms with Gasteiger partial charge in [-0.3, -0.25) is 0 Å². The smallest absolute Gasteiger partial charge is 0.128 e. The zero-order chi connectivity index (χ0) is 10.2. The fourth-order valence-electron chi connectivity index (χ4n) is 1.60. The van der Waals surface area contributed by atoms with Crippen LogP contribution in [0.25, 0.3) is 0 Å². The Bertz CT molecular complexity index is 321. The van der Waals surface area contributed by atoms with Crippen LogP contribution in [-0.2, 0) is 5.41 Å². The van der Waals surface area contributed by atoms with E-state index in [4.69, 9.17) is 0 Å². The monoisotopic (exact) mass is 190 g/mol. The molecule has 0 aromatic carbocycles. The molecule has 0 saturated carbocycles. The molecule has 0 bridgehead atoms. The Morgan fingerprint density at radius 1 is 1.29 bits per heavy atom. The Kier molecular flexibility index (Phi) is 2.22. The summed E-state index contributed by atoms with van der Waals surface area (Å²) in [7, 11) is 0. The van der Waals surface area contributed by atoms with Gasteiger partial charge in [0.05, 0.1) is 0 Å². The molecule has 0 aliphatic carbocycles. The molecule has 76 valence electrons. The van der Waals surface area contributed by atoms with Gasteiger partial charge in [-0.25, -0.2) is 4.98 Å². The average Bonchev–Trinajstić information content (AvgIpc) is 2.00. The van der Waals surface area contributed by atoms with E-state index in [1.165, 1.54) is 25.1 Å². The van der Waals surface area contributed by atoms with E-state index in [0.717, 1.165) is 5.82 Å². The molecule has 0 radical (unpaired) electrons. The summed E-state index contributed by atoms with van der Waals surface area (Å²) in [6, 6.07) is 4.34. The average molecular weight is 190 g/mol. The quantitative estimate of drug-likeness (QED) is 0.676. The molecule has 1 saturated heterocycles. The van der Waals surface area contributed by atoms with Gasteiger partial charge in [0.25, 0.3) is 0 Å². The highest BCUT2D eigenvalue weighted by atomic mass is 15.2. The first-order valence-electron chi connectivity index (χ1n) is 5.29. The van der Waals surface area contributed by atoms with E-state index in [1.807, 2.05) is 6.20 Å². The van der Waals surface area contributed by atoms with Crippen molar-refractivity contribution in [2.75, 3.05) is 18.0 Å². The van der Waals surface area contributed by atoms with Gasteiger partial charge in [-0.05, 0) is 29.5 Å². The Labute approximate surface area is 86.0 Å². The molecular formula is C12H18N2. The molecule has 0 spiro atoms. The van der Waals surface area contributed by atoms with E-state index in [1.54, 1.807) is 0 Å². The van der Waals surface area contributed by atoms with Crippen LogP contribution in [0.4, 0.5) is 5.82 Å². The maximum absolute atomic E-state index is 4.40. The van der Waals surface area contributed by atoms with Crippen LogP contribution >= 0.6 is 0 Å². The summed E-state index contributed by atoms with van der Waals surface area (Å²) in [5.41, 5.74) is 1.59. The van der Waals surface area contributed by atoms with Crippen molar-refractivity contribution in [3.63, 3.8) is 0 Å². The van der Waals surface area contributed by atoms with Crippen molar-refractivity contribution in [2.45, 2.75) is 32.6 Å². The number of aromatic nitrogens is 1. The van der Waals surface area contributed by atoms with Crippen molar-refractivity contribution in [3.05, 3.63) is 23.9 Å². The van der Waals surface area contributed by atoms with Gasteiger partial charge in [-0.15, -0.1) is 0 Å². The van der Waals surface area contributed by atoms with Crippen LogP contribution < -0.4 is 4.90 Å². The van der Waals surface area contributed by atoms with Crippen LogP contribution in [0.3, 0.4) is 0 Å². The predicted octanol–water partition coefficient (Wildman–Crippen LogP) is 2.59. The number of nitrogens with zero attached hydrogens (tertiary/aromatic N) is 2. The molecular weight excluding hydrogens is 172 g/mol. The fraction of sp³-hybridized carbons (Fsp3) is 0.583. The lowest BCUT2D eigenvalue weighted by Crippen LogP contribution is -2.37. The van der Waals surface area contributed by atoms with Crippen molar-refractivity contribution in [1.29, 1.82) is 0 Å². The van der Waals surface area contributed by atoms with E-state index < -0.39 is 0 Å². The van der Waals surface area contributed by atoms with E-state index in [2.05, 4.69) is 42.8 Å². The number of rotatable bonds is 1. The largest absolute Gasteiger partial charge is 0.356 e. The van der Waals surface area contributed by atoms with Gasteiger partial charge in [0.2, 0.25) is 0 Å². The van der Waals surface area contributed by atoms with Gasteiger partial charge < -0.3 is 4.90 Å². The maximum Gasteiger partial charge on any atom is 0.128 e. The zero-order valence-corrected chi connectivity index (χ0v) is 9.25. The molecule has 1 aromatic heterocycles. The minimum Gasteiger partial charge on any atom is -0.356 e. The summed E-state index contributed by atoms with van der Waals surface area (Å²) >= 11 is 0. The summed E-state index contributed by atoms with van der Waals surface area (Å²) in [6.07, 6.45) is 3.23. The van der Waals surface area contributed by atoms with Gasteiger partial charge in [-0.2, -0.15) is 0 Å². The van der Waals surface area contributed by atoms with E-state index >= 15 is 0 Å². The van der Waals surface area contributed by atoms with Gasteiger partial charge in [-0.1, -0.05) is 20.8 Å². The molecule has 2 heteroatoms. The molecule has 2 nitrogen and oxygen atoms in total. The highest BCUT2D eigenvalue weighted by molar-refractivity contribution is 5.44. The molecule has 1 aliphatic rings. The third-order valence-electron chi connectivity index (χ3n) is 2.79. The van der Waals surface area contributed by atoms with Crippen LogP contribution in [0.1, 0.15) is 32.8 Å². The molecule has 1 fully saturated rings. The van der Waals surface area contributed by atoms with E-state index in [9.17, 15) is 0 Å². The van der Waals surface area contributed by atoms with Crippen molar-refractivity contribution < 1.29 is 0 Å². The number of hydrogen-bond acceptors (Lipinski definition) is 2. The standard InChI is InChI=1S/C12H18N2/c1-12(2,3)10-5-6-13-11(9-10)14-7-4-8-14/h5-6,9H,4,7-8H2,1-3H3. The Hall–Kier alpha value is -1.05. The Morgan fingerprint density at radius 3 is 2.50 bits per heavy atom. The highest BCUT2D eigenvalue weighted by Crippen LogP contribution is 2.26. The van der Waals surface area contributed by atoms with Crippen LogP contribution in [0.15, 0.2) is 18.3 Å². The number of pyridine rings is 1. The molecule has 0 atom stereocenters. The van der Waals surface area contributed by atoms with Crippen molar-refractivity contribution in [1.82, 2.24) is 4.98 Å². The van der Waals surface area contributed by atoms with Crippen LogP contribution in [0.2, 0.25) is 0 Å². The molecule has 1 aliphatic heterocycles. The number of hydrogen-bond donors (Lipinski definition) is 0. The van der Waals surface area contributed by atoms with E-state index in [0.29, 0.717) is 0 Å². The summed E-state index contributed by atoms with van der Waals surface area (Å²) in [4.78, 5) is 6.73. The highest BCUT2D eigenvalue weighted by Gasteiger charge is 2.19. The summed E-state index contributed by atoms with van der Waals surface area (Å²) in [5, 5.41) is 0. The predicted molar refractivity (Wildman–Crippen MR) is 59.8 cm³/mol. The number of anilines is 1. The van der Waals surface area contributed by atoms with Gasteiger partial charge in [0.1, 0.15) is 5.82 Å². The Morgan fingerprint density at radius 2 is 2.00 bits per heavy atom. The minimum atomic E-state index is 0.225. The van der Waals surface area contributed by atoms with Crippen LogP contribution in [0.5, 0.6) is 0 Å². The molecule has 14 heavy (non-hydrogen) atoms. The third-order valence-corrected chi connectivity index (χ3v) is 2.79. The SMILES string of the molecule is CC(C)(C)c1ccnc(N2CCC2)c1. The lowest BCUT2D eigenvalue weighted by Gasteiger charge is -2.33. The maximum atomic E-state index is 4.40. The molecule has 1 aromatic rings. The molecule has 0 amide bonds. The second-order valence-corrected chi connectivity index (χ2v) is 4.99. The van der Waals surface area contributed by atoms with Gasteiger partial charge in [0, 0.05) is 19.3 Å². The molecule has 2 rings (SSSR count). The summed E-state index contributed by atoms with van der Waals surface area (Å²) < 4.78 is 0. The van der Waals surface area contributed by atoms with Crippen LogP contribution in [-0.4, -0.2) is 18.1 Å². The fourth-order valence-corrected chi connectivity index (χ4v) is 1.60. The second kappa shape index (κ2) is 3.26. The zero-order valence-electron chi connectivity index (χ0n) is 9.25. The summed E-state index contributed by atoms with van der Waals surface area (Å²) in [6.45, 7) is 9.05. The molecule has 0 N–H and O–H groups in total. The van der Waals surface area contributed by atoms with Crippen molar-refractivity contribution in [2.24, 2.45) is 0 Å². The van der Waals surface area contributed by atoms with Crippen molar-refractivity contribution in [3.8, 4) is 0 Å². The lowest BCUT2D eigenvalue weighted by atomic mass is 9.87. The first-order valence-corrected chi connectivity index (χ1v) is 5.29. The lowest BCUT2D eigenvalue weighted by molar-refractivity contribution is 0.581. The van der Waals surface area contributed by atoms with Gasteiger partial charge in [0.15, 0.2) is 0 Å². The normalized spacial score (nSPS) is 16.6. The first-order chi connectivity index (χ1) is 6.57. The van der Waals surface area contributed by atoms with Crippen LogP contribution in [0, 0.1) is 0 Å². The summed E-state index contributed by atoms with van der Waals surface area (Å²) in [5.74, 6) is 1.14. The minimum absolute atomic E-state index is 0.225. The second-order valence-electron chi connectivity index (χ2n) is 4.99.